The van der Waals surface area contributed by atoms with Crippen molar-refractivity contribution in [1.82, 2.24) is 0 Å². The summed E-state index contributed by atoms with van der Waals surface area (Å²) >= 11 is 0. The standard InChI is InChI=1S/C20H23N3O5/c1-3-26-18-11-14(12-22-21)5-10-17(18)28-13-19(24)23-16-8-6-15(7-9-16)20(25)27-4-2/h5-12H,3-4,13,21H2,1-2H3,(H,23,24). The summed E-state index contributed by atoms with van der Waals surface area (Å²) in [5.74, 6) is 5.32. The number of carbonyl (C=O) groups excluding carboxylic acids is 2. The molecule has 3 N–H and O–H groups in total. The van der Waals surface area contributed by atoms with Crippen molar-refractivity contribution >= 4 is 23.8 Å². The van der Waals surface area contributed by atoms with Gasteiger partial charge in [-0.1, -0.05) is 0 Å². The highest BCUT2D eigenvalue weighted by atomic mass is 16.5. The van der Waals surface area contributed by atoms with Crippen LogP contribution in [0.15, 0.2) is 47.6 Å². The molecule has 8 heteroatoms. The lowest BCUT2D eigenvalue weighted by Gasteiger charge is -2.12. The summed E-state index contributed by atoms with van der Waals surface area (Å²) in [5.41, 5.74) is 1.71. The highest BCUT2D eigenvalue weighted by Crippen LogP contribution is 2.28. The lowest BCUT2D eigenvalue weighted by Crippen LogP contribution is -2.20. The molecule has 2 rings (SSSR count). The highest BCUT2D eigenvalue weighted by molar-refractivity contribution is 5.93. The van der Waals surface area contributed by atoms with Gasteiger partial charge in [0.25, 0.3) is 5.91 Å². The number of hydrazone groups is 1. The molecule has 0 aliphatic rings. The Bertz CT molecular complexity index is 834. The summed E-state index contributed by atoms with van der Waals surface area (Å²) < 4.78 is 16.0. The van der Waals surface area contributed by atoms with E-state index >= 15 is 0 Å². The average Bonchev–Trinajstić information content (AvgIpc) is 2.68. The molecular weight excluding hydrogens is 362 g/mol. The van der Waals surface area contributed by atoms with E-state index < -0.39 is 5.97 Å². The van der Waals surface area contributed by atoms with E-state index in [4.69, 9.17) is 20.1 Å². The first kappa shape index (κ1) is 20.8. The fourth-order valence-electron chi connectivity index (χ4n) is 2.32. The number of hydrogen-bond acceptors (Lipinski definition) is 7. The summed E-state index contributed by atoms with van der Waals surface area (Å²) in [6.07, 6.45) is 1.49. The maximum Gasteiger partial charge on any atom is 0.338 e. The molecule has 0 radical (unpaired) electrons. The van der Waals surface area contributed by atoms with Gasteiger partial charge in [-0.15, -0.1) is 0 Å². The van der Waals surface area contributed by atoms with E-state index in [2.05, 4.69) is 10.4 Å². The molecule has 1 amide bonds. The number of esters is 1. The number of nitrogens with one attached hydrogen (secondary N) is 1. The lowest BCUT2D eigenvalue weighted by atomic mass is 10.2. The van der Waals surface area contributed by atoms with Crippen LogP contribution < -0.4 is 20.6 Å². The Morgan fingerprint density at radius 2 is 1.79 bits per heavy atom. The number of amides is 1. The van der Waals surface area contributed by atoms with Gasteiger partial charge in [-0.3, -0.25) is 4.79 Å². The smallest absolute Gasteiger partial charge is 0.338 e. The van der Waals surface area contributed by atoms with Gasteiger partial charge in [-0.2, -0.15) is 5.10 Å². The van der Waals surface area contributed by atoms with E-state index in [0.717, 1.165) is 5.56 Å². The first-order chi connectivity index (χ1) is 13.6. The van der Waals surface area contributed by atoms with E-state index in [0.29, 0.717) is 36.0 Å². The zero-order chi connectivity index (χ0) is 20.4. The van der Waals surface area contributed by atoms with Crippen molar-refractivity contribution in [3.8, 4) is 11.5 Å². The minimum absolute atomic E-state index is 0.204. The quantitative estimate of drug-likeness (QED) is 0.297. The van der Waals surface area contributed by atoms with Crippen LogP contribution in [0, 0.1) is 0 Å². The van der Waals surface area contributed by atoms with Crippen LogP contribution in [-0.2, 0) is 9.53 Å². The maximum atomic E-state index is 12.1. The summed E-state index contributed by atoms with van der Waals surface area (Å²) in [7, 11) is 0. The third kappa shape index (κ3) is 6.01. The molecule has 0 aliphatic heterocycles. The SMILES string of the molecule is CCOC(=O)c1ccc(NC(=O)COc2ccc(C=NN)cc2OCC)cc1. The Kier molecular flexibility index (Phi) is 7.83. The molecule has 0 saturated heterocycles. The minimum atomic E-state index is -0.407. The van der Waals surface area contributed by atoms with Gasteiger partial charge in [-0.05, 0) is 61.9 Å². The number of benzene rings is 2. The van der Waals surface area contributed by atoms with Crippen molar-refractivity contribution in [3.05, 3.63) is 53.6 Å². The molecule has 2 aromatic carbocycles. The second-order valence-electron chi connectivity index (χ2n) is 5.55. The lowest BCUT2D eigenvalue weighted by molar-refractivity contribution is -0.118. The number of hydrogen-bond donors (Lipinski definition) is 2. The first-order valence-electron chi connectivity index (χ1n) is 8.77. The van der Waals surface area contributed by atoms with Gasteiger partial charge in [0, 0.05) is 5.69 Å². The topological polar surface area (TPSA) is 112 Å². The predicted molar refractivity (Wildman–Crippen MR) is 106 cm³/mol. The molecule has 0 unspecified atom stereocenters. The zero-order valence-corrected chi connectivity index (χ0v) is 15.8. The molecule has 8 nitrogen and oxygen atoms in total. The van der Waals surface area contributed by atoms with Gasteiger partial charge >= 0.3 is 5.97 Å². The number of nitrogens with zero attached hydrogens (tertiary/aromatic N) is 1. The Labute approximate surface area is 163 Å². The van der Waals surface area contributed by atoms with Crippen molar-refractivity contribution in [2.75, 3.05) is 25.1 Å². The first-order valence-corrected chi connectivity index (χ1v) is 8.77. The summed E-state index contributed by atoms with van der Waals surface area (Å²) in [4.78, 5) is 23.8. The Hall–Kier alpha value is -3.55. The van der Waals surface area contributed by atoms with E-state index in [9.17, 15) is 9.59 Å². The van der Waals surface area contributed by atoms with Crippen LogP contribution in [0.3, 0.4) is 0 Å². The van der Waals surface area contributed by atoms with Crippen molar-refractivity contribution in [3.63, 3.8) is 0 Å². The van der Waals surface area contributed by atoms with Gasteiger partial charge < -0.3 is 25.4 Å². The molecule has 0 bridgehead atoms. The minimum Gasteiger partial charge on any atom is -0.490 e. The van der Waals surface area contributed by atoms with Crippen LogP contribution in [-0.4, -0.2) is 37.9 Å². The van der Waals surface area contributed by atoms with Crippen molar-refractivity contribution in [2.24, 2.45) is 10.9 Å². The van der Waals surface area contributed by atoms with Crippen LogP contribution in [0.5, 0.6) is 11.5 Å². The molecule has 0 fully saturated rings. The number of nitrogens with two attached hydrogens (primary N) is 1. The van der Waals surface area contributed by atoms with E-state index in [1.54, 1.807) is 49.4 Å². The molecule has 0 aliphatic carbocycles. The Balaban J connectivity index is 1.96. The molecular formula is C20H23N3O5. The van der Waals surface area contributed by atoms with E-state index in [1.807, 2.05) is 6.92 Å². The van der Waals surface area contributed by atoms with Gasteiger partial charge in [0.1, 0.15) is 0 Å². The van der Waals surface area contributed by atoms with Crippen molar-refractivity contribution in [2.45, 2.75) is 13.8 Å². The largest absolute Gasteiger partial charge is 0.490 e. The fraction of sp³-hybridized carbons (Fsp3) is 0.250. The molecule has 0 saturated carbocycles. The van der Waals surface area contributed by atoms with Gasteiger partial charge in [-0.25, -0.2) is 4.79 Å². The summed E-state index contributed by atoms with van der Waals surface area (Å²) in [6.45, 7) is 4.13. The third-order valence-electron chi connectivity index (χ3n) is 3.53. The molecule has 0 spiro atoms. The number of carbonyl (C=O) groups is 2. The highest BCUT2D eigenvalue weighted by Gasteiger charge is 2.10. The van der Waals surface area contributed by atoms with E-state index in [-0.39, 0.29) is 12.5 Å². The van der Waals surface area contributed by atoms with Crippen molar-refractivity contribution in [1.29, 1.82) is 0 Å². The van der Waals surface area contributed by atoms with Crippen LogP contribution in [0.4, 0.5) is 5.69 Å². The van der Waals surface area contributed by atoms with Gasteiger partial charge in [0.2, 0.25) is 0 Å². The number of anilines is 1. The number of rotatable bonds is 9. The second-order valence-corrected chi connectivity index (χ2v) is 5.55. The predicted octanol–water partition coefficient (Wildman–Crippen LogP) is 2.57. The van der Waals surface area contributed by atoms with Gasteiger partial charge in [0.05, 0.1) is 25.0 Å². The normalized spacial score (nSPS) is 10.5. The monoisotopic (exact) mass is 385 g/mol. The second kappa shape index (κ2) is 10.6. The molecule has 0 aromatic heterocycles. The van der Waals surface area contributed by atoms with Crippen LogP contribution in [0.2, 0.25) is 0 Å². The summed E-state index contributed by atoms with van der Waals surface area (Å²) in [6, 6.07) is 11.6. The molecule has 0 heterocycles. The maximum absolute atomic E-state index is 12.1. The summed E-state index contributed by atoms with van der Waals surface area (Å²) in [5, 5.41) is 6.17. The van der Waals surface area contributed by atoms with Crippen molar-refractivity contribution < 1.29 is 23.8 Å². The molecule has 2 aromatic rings. The van der Waals surface area contributed by atoms with E-state index in [1.165, 1.54) is 6.21 Å². The fourth-order valence-corrected chi connectivity index (χ4v) is 2.32. The zero-order valence-electron chi connectivity index (χ0n) is 15.8. The van der Waals surface area contributed by atoms with Gasteiger partial charge in [0.15, 0.2) is 18.1 Å². The third-order valence-corrected chi connectivity index (χ3v) is 3.53. The molecule has 28 heavy (non-hydrogen) atoms. The Morgan fingerprint density at radius 1 is 1.04 bits per heavy atom. The molecule has 0 atom stereocenters. The Morgan fingerprint density at radius 3 is 2.43 bits per heavy atom. The average molecular weight is 385 g/mol. The molecule has 148 valence electrons. The number of ether oxygens (including phenoxy) is 3. The van der Waals surface area contributed by atoms with Crippen LogP contribution >= 0.6 is 0 Å². The van der Waals surface area contributed by atoms with Crippen LogP contribution in [0.25, 0.3) is 0 Å². The van der Waals surface area contributed by atoms with Crippen LogP contribution in [0.1, 0.15) is 29.8 Å².